The van der Waals surface area contributed by atoms with Crippen LogP contribution in [0.4, 0.5) is 0 Å². The molecule has 0 aliphatic heterocycles. The van der Waals surface area contributed by atoms with Gasteiger partial charge in [0.05, 0.1) is 5.52 Å². The highest BCUT2D eigenvalue weighted by molar-refractivity contribution is 6.34. The van der Waals surface area contributed by atoms with Gasteiger partial charge in [0.1, 0.15) is 0 Å². The summed E-state index contributed by atoms with van der Waals surface area (Å²) < 4.78 is 1.94. The molecule has 1 aromatic carbocycles. The molecule has 0 radical (unpaired) electrons. The molecule has 0 N–H and O–H groups in total. The molecule has 3 nitrogen and oxygen atoms in total. The van der Waals surface area contributed by atoms with Gasteiger partial charge in [0, 0.05) is 30.2 Å². The van der Waals surface area contributed by atoms with Crippen LogP contribution >= 0.6 is 11.6 Å². The Morgan fingerprint density at radius 2 is 1.89 bits per heavy atom. The predicted molar refractivity (Wildman–Crippen MR) is 72.7 cm³/mol. The van der Waals surface area contributed by atoms with Crippen molar-refractivity contribution in [2.75, 3.05) is 0 Å². The van der Waals surface area contributed by atoms with Crippen LogP contribution in [0.3, 0.4) is 0 Å². The first-order chi connectivity index (χ1) is 8.84. The lowest BCUT2D eigenvalue weighted by Crippen LogP contribution is -2.03. The quantitative estimate of drug-likeness (QED) is 0.721. The number of aryl methyl sites for hydroxylation is 2. The van der Waals surface area contributed by atoms with Crippen LogP contribution in [0.15, 0.2) is 48.7 Å². The third kappa shape index (κ3) is 2.09. The van der Waals surface area contributed by atoms with Crippen molar-refractivity contribution in [2.45, 2.75) is 13.0 Å². The van der Waals surface area contributed by atoms with Gasteiger partial charge in [-0.3, -0.25) is 9.67 Å². The number of benzene rings is 1. The van der Waals surface area contributed by atoms with Crippen LogP contribution in [0.2, 0.25) is 5.15 Å². The molecule has 2 heterocycles. The van der Waals surface area contributed by atoms with Gasteiger partial charge in [0.25, 0.3) is 0 Å². The summed E-state index contributed by atoms with van der Waals surface area (Å²) in [6, 6.07) is 13.9. The summed E-state index contributed by atoms with van der Waals surface area (Å²) in [4.78, 5) is 4.31. The van der Waals surface area contributed by atoms with Crippen molar-refractivity contribution in [1.82, 2.24) is 14.8 Å². The van der Waals surface area contributed by atoms with Crippen molar-refractivity contribution < 1.29 is 0 Å². The highest BCUT2D eigenvalue weighted by atomic mass is 35.5. The molecule has 4 heteroatoms. The molecule has 0 unspecified atom stereocenters. The number of nitrogens with zero attached hydrogens (tertiary/aromatic N) is 3. The largest absolute Gasteiger partial charge is 0.263 e. The Kier molecular flexibility index (Phi) is 2.99. The number of pyridine rings is 1. The van der Waals surface area contributed by atoms with Gasteiger partial charge in [-0.2, -0.15) is 5.10 Å². The maximum Gasteiger partial charge on any atom is 0.158 e. The summed E-state index contributed by atoms with van der Waals surface area (Å²) >= 11 is 6.11. The van der Waals surface area contributed by atoms with E-state index >= 15 is 0 Å². The fraction of sp³-hybridized carbons (Fsp3) is 0.143. The number of rotatable bonds is 3. The SMILES string of the molecule is Clc1nn(CCc2ccccn2)c2ccccc12. The molecule has 3 rings (SSSR count). The van der Waals surface area contributed by atoms with Gasteiger partial charge in [0.15, 0.2) is 5.15 Å². The number of para-hydroxylation sites is 1. The van der Waals surface area contributed by atoms with Crippen molar-refractivity contribution >= 4 is 22.5 Å². The molecule has 0 aliphatic rings. The summed E-state index contributed by atoms with van der Waals surface area (Å²) in [6.07, 6.45) is 2.66. The normalized spacial score (nSPS) is 10.9. The third-order valence-corrected chi connectivity index (χ3v) is 3.20. The van der Waals surface area contributed by atoms with Crippen LogP contribution in [0.1, 0.15) is 5.69 Å². The molecular weight excluding hydrogens is 246 g/mol. The van der Waals surface area contributed by atoms with E-state index in [4.69, 9.17) is 11.6 Å². The lowest BCUT2D eigenvalue weighted by molar-refractivity contribution is 0.628. The van der Waals surface area contributed by atoms with E-state index in [0.29, 0.717) is 5.15 Å². The Hall–Kier alpha value is -1.87. The molecule has 18 heavy (non-hydrogen) atoms. The number of hydrogen-bond acceptors (Lipinski definition) is 2. The van der Waals surface area contributed by atoms with E-state index in [9.17, 15) is 0 Å². The van der Waals surface area contributed by atoms with Gasteiger partial charge in [-0.25, -0.2) is 0 Å². The van der Waals surface area contributed by atoms with E-state index < -0.39 is 0 Å². The van der Waals surface area contributed by atoms with Crippen molar-refractivity contribution in [2.24, 2.45) is 0 Å². The van der Waals surface area contributed by atoms with Crippen LogP contribution in [-0.2, 0) is 13.0 Å². The molecule has 2 aromatic heterocycles. The Labute approximate surface area is 110 Å². The van der Waals surface area contributed by atoms with Crippen molar-refractivity contribution in [3.05, 3.63) is 59.5 Å². The highest BCUT2D eigenvalue weighted by Gasteiger charge is 2.07. The van der Waals surface area contributed by atoms with E-state index in [2.05, 4.69) is 10.1 Å². The molecule has 0 spiro atoms. The molecule has 0 amide bonds. The number of fused-ring (bicyclic) bond motifs is 1. The first-order valence-corrected chi connectivity index (χ1v) is 6.23. The van der Waals surface area contributed by atoms with Crippen LogP contribution in [0.5, 0.6) is 0 Å². The van der Waals surface area contributed by atoms with E-state index in [0.717, 1.165) is 29.6 Å². The van der Waals surface area contributed by atoms with Crippen LogP contribution in [-0.4, -0.2) is 14.8 Å². The molecule has 0 saturated carbocycles. The Morgan fingerprint density at radius 1 is 1.06 bits per heavy atom. The van der Waals surface area contributed by atoms with Gasteiger partial charge >= 0.3 is 0 Å². The molecule has 0 bridgehead atoms. The first kappa shape index (κ1) is 11.2. The lowest BCUT2D eigenvalue weighted by atomic mass is 10.2. The predicted octanol–water partition coefficient (Wildman–Crippen LogP) is 3.33. The number of halogens is 1. The van der Waals surface area contributed by atoms with Gasteiger partial charge in [-0.15, -0.1) is 0 Å². The maximum atomic E-state index is 6.11. The van der Waals surface area contributed by atoms with E-state index in [1.54, 1.807) is 0 Å². The van der Waals surface area contributed by atoms with Crippen molar-refractivity contribution in [3.63, 3.8) is 0 Å². The average Bonchev–Trinajstić information content (AvgIpc) is 2.75. The fourth-order valence-corrected chi connectivity index (χ4v) is 2.27. The van der Waals surface area contributed by atoms with E-state index in [1.165, 1.54) is 0 Å². The standard InChI is InChI=1S/C14H12ClN3/c15-14-12-6-1-2-7-13(12)18(17-14)10-8-11-5-3-4-9-16-11/h1-7,9H,8,10H2. The minimum absolute atomic E-state index is 0.562. The summed E-state index contributed by atoms with van der Waals surface area (Å²) in [7, 11) is 0. The molecule has 0 aliphatic carbocycles. The zero-order chi connectivity index (χ0) is 12.4. The molecule has 3 aromatic rings. The Bertz CT molecular complexity index is 661. The fourth-order valence-electron chi connectivity index (χ4n) is 2.02. The maximum absolute atomic E-state index is 6.11. The summed E-state index contributed by atoms with van der Waals surface area (Å²) in [5.41, 5.74) is 2.13. The van der Waals surface area contributed by atoms with Crippen LogP contribution in [0, 0.1) is 0 Å². The highest BCUT2D eigenvalue weighted by Crippen LogP contribution is 2.22. The zero-order valence-corrected chi connectivity index (χ0v) is 10.5. The van der Waals surface area contributed by atoms with Crippen molar-refractivity contribution in [3.8, 4) is 0 Å². The van der Waals surface area contributed by atoms with E-state index in [-0.39, 0.29) is 0 Å². The molecule has 0 atom stereocenters. The van der Waals surface area contributed by atoms with Crippen LogP contribution in [0.25, 0.3) is 10.9 Å². The molecular formula is C14H12ClN3. The van der Waals surface area contributed by atoms with Crippen molar-refractivity contribution in [1.29, 1.82) is 0 Å². The summed E-state index contributed by atoms with van der Waals surface area (Å²) in [5, 5.41) is 5.92. The number of hydrogen-bond donors (Lipinski definition) is 0. The van der Waals surface area contributed by atoms with Crippen LogP contribution < -0.4 is 0 Å². The smallest absolute Gasteiger partial charge is 0.158 e. The van der Waals surface area contributed by atoms with Gasteiger partial charge in [0.2, 0.25) is 0 Å². The summed E-state index contributed by atoms with van der Waals surface area (Å²) in [5.74, 6) is 0. The molecule has 0 fully saturated rings. The third-order valence-electron chi connectivity index (χ3n) is 2.92. The second kappa shape index (κ2) is 4.78. The minimum atomic E-state index is 0.562. The minimum Gasteiger partial charge on any atom is -0.263 e. The summed E-state index contributed by atoms with van der Waals surface area (Å²) in [6.45, 7) is 0.782. The van der Waals surface area contributed by atoms with E-state index in [1.807, 2.05) is 53.3 Å². The Morgan fingerprint density at radius 3 is 2.72 bits per heavy atom. The van der Waals surface area contributed by atoms with Gasteiger partial charge in [-0.05, 0) is 24.3 Å². The molecule has 90 valence electrons. The topological polar surface area (TPSA) is 30.7 Å². The average molecular weight is 258 g/mol. The zero-order valence-electron chi connectivity index (χ0n) is 9.75. The number of aromatic nitrogens is 3. The second-order valence-corrected chi connectivity index (χ2v) is 4.46. The monoisotopic (exact) mass is 257 g/mol. The van der Waals surface area contributed by atoms with Gasteiger partial charge in [-0.1, -0.05) is 29.8 Å². The molecule has 0 saturated heterocycles. The Balaban J connectivity index is 1.87. The first-order valence-electron chi connectivity index (χ1n) is 5.85. The van der Waals surface area contributed by atoms with Gasteiger partial charge < -0.3 is 0 Å². The lowest BCUT2D eigenvalue weighted by Gasteiger charge is -2.02. The second-order valence-electron chi connectivity index (χ2n) is 4.10.